The fraction of sp³-hybridized carbons (Fsp3) is 0.591. The van der Waals surface area contributed by atoms with E-state index in [2.05, 4.69) is 15.6 Å². The maximum Gasteiger partial charge on any atom is 0.252 e. The minimum absolute atomic E-state index is 0.131. The van der Waals surface area contributed by atoms with Crippen molar-refractivity contribution in [1.29, 1.82) is 0 Å². The van der Waals surface area contributed by atoms with E-state index in [-0.39, 0.29) is 11.3 Å². The zero-order chi connectivity index (χ0) is 25.3. The topological polar surface area (TPSA) is 139 Å². The second kappa shape index (κ2) is 10.8. The minimum atomic E-state index is -1.35. The first kappa shape index (κ1) is 25.9. The number of carbonyl (C=O) groups excluding carboxylic acids is 1. The molecule has 1 saturated carbocycles. The standard InChI is InChI=1S/C22H27ClF2N4O6/c1-34-20-18(29-8-14(27-28-29)10-6-11(23)17(25)12(24)7-10)19(32)16(9-30)35-21(20)22(33)26-13-4-2-3-5-15(13)31/h6-8,13,15-16,18-21,30-32H,2-5,9H2,1H3,(H,26,33)/t13-,15-,16?,18?,19?,20?,21?/m0/s1. The van der Waals surface area contributed by atoms with E-state index in [1.54, 1.807) is 0 Å². The van der Waals surface area contributed by atoms with Crippen LogP contribution in [-0.2, 0) is 14.3 Å². The van der Waals surface area contributed by atoms with Gasteiger partial charge in [-0.1, -0.05) is 29.7 Å². The van der Waals surface area contributed by atoms with Crippen LogP contribution in [0.25, 0.3) is 11.3 Å². The zero-order valence-electron chi connectivity index (χ0n) is 18.9. The van der Waals surface area contributed by atoms with E-state index in [1.807, 2.05) is 0 Å². The molecule has 2 fully saturated rings. The van der Waals surface area contributed by atoms with Crippen LogP contribution in [0.2, 0.25) is 5.02 Å². The Morgan fingerprint density at radius 1 is 1.31 bits per heavy atom. The Hall–Kier alpha value is -2.22. The molecule has 13 heteroatoms. The lowest BCUT2D eigenvalue weighted by Crippen LogP contribution is -2.62. The number of carbonyl (C=O) groups is 1. The lowest BCUT2D eigenvalue weighted by Gasteiger charge is -2.43. The number of methoxy groups -OCH3 is 1. The van der Waals surface area contributed by atoms with E-state index in [4.69, 9.17) is 21.1 Å². The van der Waals surface area contributed by atoms with Crippen molar-refractivity contribution < 1.29 is 38.4 Å². The zero-order valence-corrected chi connectivity index (χ0v) is 19.6. The summed E-state index contributed by atoms with van der Waals surface area (Å²) in [5.41, 5.74) is 0.279. The van der Waals surface area contributed by atoms with Gasteiger partial charge in [0.25, 0.3) is 5.91 Å². The Labute approximate surface area is 204 Å². The number of ether oxygens (including phenoxy) is 2. The van der Waals surface area contributed by atoms with Crippen LogP contribution < -0.4 is 5.32 Å². The summed E-state index contributed by atoms with van der Waals surface area (Å²) < 4.78 is 39.9. The van der Waals surface area contributed by atoms with Crippen molar-refractivity contribution in [1.82, 2.24) is 20.3 Å². The van der Waals surface area contributed by atoms with Crippen LogP contribution in [-0.4, -0.2) is 86.5 Å². The van der Waals surface area contributed by atoms with Gasteiger partial charge in [-0.25, -0.2) is 13.5 Å². The van der Waals surface area contributed by atoms with E-state index in [0.29, 0.717) is 12.8 Å². The van der Waals surface area contributed by atoms with Crippen molar-refractivity contribution in [3.63, 3.8) is 0 Å². The van der Waals surface area contributed by atoms with Gasteiger partial charge in [-0.2, -0.15) is 0 Å². The monoisotopic (exact) mass is 516 g/mol. The predicted molar refractivity (Wildman–Crippen MR) is 118 cm³/mol. The Morgan fingerprint density at radius 2 is 2.06 bits per heavy atom. The smallest absolute Gasteiger partial charge is 0.252 e. The van der Waals surface area contributed by atoms with Crippen LogP contribution in [0.15, 0.2) is 18.3 Å². The summed E-state index contributed by atoms with van der Waals surface area (Å²) >= 11 is 5.74. The molecule has 4 rings (SSSR count). The Morgan fingerprint density at radius 3 is 2.71 bits per heavy atom. The molecule has 1 aromatic carbocycles. The van der Waals surface area contributed by atoms with Gasteiger partial charge in [0, 0.05) is 12.7 Å². The first-order valence-electron chi connectivity index (χ1n) is 11.3. The SMILES string of the molecule is COC1C(C(=O)N[C@H]2CCCC[C@@H]2O)OC(CO)C(O)C1n1cc(-c2cc(F)c(F)c(Cl)c2)nn1. The molecular weight excluding hydrogens is 490 g/mol. The lowest BCUT2D eigenvalue weighted by atomic mass is 9.90. The highest BCUT2D eigenvalue weighted by molar-refractivity contribution is 6.31. The molecule has 4 N–H and O–H groups in total. The normalized spacial score (nSPS) is 31.3. The van der Waals surface area contributed by atoms with Crippen molar-refractivity contribution in [2.45, 2.75) is 68.3 Å². The highest BCUT2D eigenvalue weighted by Crippen LogP contribution is 2.34. The molecular formula is C22H27ClF2N4O6. The molecule has 0 radical (unpaired) electrons. The molecule has 35 heavy (non-hydrogen) atoms. The fourth-order valence-electron chi connectivity index (χ4n) is 4.67. The number of aliphatic hydroxyl groups excluding tert-OH is 3. The van der Waals surface area contributed by atoms with Gasteiger partial charge in [0.2, 0.25) is 0 Å². The molecule has 1 aromatic heterocycles. The Bertz CT molecular complexity index is 1040. The summed E-state index contributed by atoms with van der Waals surface area (Å²) in [6, 6.07) is 0.614. The third kappa shape index (κ3) is 5.18. The summed E-state index contributed by atoms with van der Waals surface area (Å²) in [6.07, 6.45) is -1.22. The average molecular weight is 517 g/mol. The van der Waals surface area contributed by atoms with Crippen molar-refractivity contribution in [2.24, 2.45) is 0 Å². The van der Waals surface area contributed by atoms with Crippen molar-refractivity contribution in [3.8, 4) is 11.3 Å². The molecule has 0 spiro atoms. The molecule has 1 aliphatic heterocycles. The van der Waals surface area contributed by atoms with Crippen molar-refractivity contribution in [3.05, 3.63) is 35.0 Å². The maximum absolute atomic E-state index is 13.8. The summed E-state index contributed by atoms with van der Waals surface area (Å²) in [5, 5.41) is 41.2. The van der Waals surface area contributed by atoms with Crippen LogP contribution in [0.4, 0.5) is 8.78 Å². The van der Waals surface area contributed by atoms with Crippen LogP contribution >= 0.6 is 11.6 Å². The van der Waals surface area contributed by atoms with Gasteiger partial charge < -0.3 is 30.1 Å². The third-order valence-electron chi connectivity index (χ3n) is 6.55. The molecule has 1 saturated heterocycles. The van der Waals surface area contributed by atoms with Gasteiger partial charge >= 0.3 is 0 Å². The number of benzene rings is 1. The quantitative estimate of drug-likeness (QED) is 0.417. The minimum Gasteiger partial charge on any atom is -0.394 e. The van der Waals surface area contributed by atoms with Crippen LogP contribution in [0.3, 0.4) is 0 Å². The van der Waals surface area contributed by atoms with Crippen molar-refractivity contribution >= 4 is 17.5 Å². The summed E-state index contributed by atoms with van der Waals surface area (Å²) in [7, 11) is 1.33. The molecule has 5 unspecified atom stereocenters. The van der Waals surface area contributed by atoms with Crippen LogP contribution in [0.1, 0.15) is 31.7 Å². The van der Waals surface area contributed by atoms with Gasteiger partial charge in [-0.3, -0.25) is 4.79 Å². The number of nitrogens with one attached hydrogen (secondary N) is 1. The number of nitrogens with zero attached hydrogens (tertiary/aromatic N) is 3. The second-order valence-corrected chi connectivity index (χ2v) is 9.17. The van der Waals surface area contributed by atoms with Gasteiger partial charge in [0.05, 0.1) is 30.0 Å². The Balaban J connectivity index is 1.62. The summed E-state index contributed by atoms with van der Waals surface area (Å²) in [6.45, 7) is -0.593. The van der Waals surface area contributed by atoms with E-state index >= 15 is 0 Å². The number of aromatic nitrogens is 3. The molecule has 1 aliphatic carbocycles. The van der Waals surface area contributed by atoms with Gasteiger partial charge in [0.1, 0.15) is 30.0 Å². The number of rotatable bonds is 6. The predicted octanol–water partition coefficient (Wildman–Crippen LogP) is 0.973. The van der Waals surface area contributed by atoms with Gasteiger partial charge in [-0.05, 0) is 25.0 Å². The molecule has 192 valence electrons. The molecule has 2 aliphatic rings. The van der Waals surface area contributed by atoms with Crippen LogP contribution in [0.5, 0.6) is 0 Å². The number of amides is 1. The molecule has 2 heterocycles. The largest absolute Gasteiger partial charge is 0.394 e. The first-order chi connectivity index (χ1) is 16.7. The van der Waals surface area contributed by atoms with Crippen molar-refractivity contribution in [2.75, 3.05) is 13.7 Å². The Kier molecular flexibility index (Phi) is 7.99. The highest BCUT2D eigenvalue weighted by Gasteiger charge is 2.50. The third-order valence-corrected chi connectivity index (χ3v) is 6.83. The molecule has 1 amide bonds. The second-order valence-electron chi connectivity index (χ2n) is 8.76. The lowest BCUT2D eigenvalue weighted by molar-refractivity contribution is -0.213. The molecule has 7 atom stereocenters. The average Bonchev–Trinajstić information content (AvgIpc) is 3.33. The van der Waals surface area contributed by atoms with E-state index in [9.17, 15) is 28.9 Å². The molecule has 0 bridgehead atoms. The number of aliphatic hydroxyl groups is 3. The van der Waals surface area contributed by atoms with E-state index < -0.39 is 71.8 Å². The number of halogens is 3. The van der Waals surface area contributed by atoms with E-state index in [0.717, 1.165) is 18.9 Å². The van der Waals surface area contributed by atoms with E-state index in [1.165, 1.54) is 24.1 Å². The fourth-order valence-corrected chi connectivity index (χ4v) is 4.88. The van der Waals surface area contributed by atoms with Gasteiger partial charge in [0.15, 0.2) is 17.7 Å². The highest BCUT2D eigenvalue weighted by atomic mass is 35.5. The molecule has 2 aromatic rings. The number of hydrogen-bond acceptors (Lipinski definition) is 8. The summed E-state index contributed by atoms with van der Waals surface area (Å²) in [5.74, 6) is -2.92. The van der Waals surface area contributed by atoms with Crippen LogP contribution in [0, 0.1) is 11.6 Å². The van der Waals surface area contributed by atoms with Gasteiger partial charge in [-0.15, -0.1) is 5.10 Å². The maximum atomic E-state index is 13.8. The first-order valence-corrected chi connectivity index (χ1v) is 11.6. The summed E-state index contributed by atoms with van der Waals surface area (Å²) in [4.78, 5) is 13.1. The molecule has 10 nitrogen and oxygen atoms in total. The number of hydrogen-bond donors (Lipinski definition) is 4.